The Bertz CT molecular complexity index is 1410. The molecule has 178 valence electrons. The van der Waals surface area contributed by atoms with Crippen LogP contribution in [0.1, 0.15) is 26.3 Å². The van der Waals surface area contributed by atoms with Gasteiger partial charge >= 0.3 is 5.97 Å². The minimum Gasteiger partial charge on any atom is -0.480 e. The number of carboxylic acid groups (broad SMARTS) is 1. The first-order chi connectivity index (χ1) is 16.3. The number of hydrogen-bond donors (Lipinski definition) is 1. The van der Waals surface area contributed by atoms with Crippen LogP contribution in [0.3, 0.4) is 0 Å². The molecule has 1 aromatic carbocycles. The van der Waals surface area contributed by atoms with Crippen molar-refractivity contribution in [3.63, 3.8) is 0 Å². The maximum absolute atomic E-state index is 13.1. The summed E-state index contributed by atoms with van der Waals surface area (Å²) in [5.41, 5.74) is 1.98. The number of amides is 1. The van der Waals surface area contributed by atoms with Gasteiger partial charge < -0.3 is 10.0 Å². The molecule has 3 heterocycles. The molecule has 0 bridgehead atoms. The van der Waals surface area contributed by atoms with E-state index in [1.54, 1.807) is 17.8 Å². The lowest BCUT2D eigenvalue weighted by Gasteiger charge is -2.18. The SMILES string of the molecule is CCc1ccc2c(c1)N(CC)C(=CC=c1sc(=C3SC(=S)N(CC)C3=O)n(CC(=O)O)c1=O)S2. The summed E-state index contributed by atoms with van der Waals surface area (Å²) in [5, 5.41) is 10.4. The van der Waals surface area contributed by atoms with Crippen molar-refractivity contribution in [2.45, 2.75) is 38.6 Å². The molecule has 0 radical (unpaired) electrons. The first-order valence-electron chi connectivity index (χ1n) is 10.8. The Morgan fingerprint density at radius 2 is 1.82 bits per heavy atom. The smallest absolute Gasteiger partial charge is 0.323 e. The standard InChI is InChI=1S/C23H23N3O4S4/c1-4-13-7-8-15-14(11-13)24(5-2)17(32-15)10-9-16-20(29)26(12-18(27)28)22(33-16)19-21(30)25(6-3)23(31)34-19/h7-11H,4-6,12H2,1-3H3,(H,27,28). The van der Waals surface area contributed by atoms with Crippen LogP contribution in [0.4, 0.5) is 5.69 Å². The molecule has 2 aliphatic rings. The molecular weight excluding hydrogens is 511 g/mol. The summed E-state index contributed by atoms with van der Waals surface area (Å²) in [5.74, 6) is -1.45. The van der Waals surface area contributed by atoms with Crippen molar-refractivity contribution in [3.8, 4) is 0 Å². The quantitative estimate of drug-likeness (QED) is 0.568. The number of carbonyl (C=O) groups excluding carboxylic acids is 1. The minimum absolute atomic E-state index is 0.298. The number of rotatable bonds is 6. The van der Waals surface area contributed by atoms with Crippen LogP contribution in [0.5, 0.6) is 0 Å². The first-order valence-corrected chi connectivity index (χ1v) is 13.6. The highest BCUT2D eigenvalue weighted by atomic mass is 32.2. The van der Waals surface area contributed by atoms with Gasteiger partial charge in [0.1, 0.15) is 20.4 Å². The number of anilines is 1. The number of thiocarbonyl (C=S) groups is 1. The summed E-state index contributed by atoms with van der Waals surface area (Å²) in [6.45, 7) is 6.69. The molecule has 2 aromatic rings. The zero-order chi connectivity index (χ0) is 24.6. The van der Waals surface area contributed by atoms with Crippen molar-refractivity contribution in [2.24, 2.45) is 0 Å². The molecule has 1 N–H and O–H groups in total. The van der Waals surface area contributed by atoms with Crippen LogP contribution < -0.4 is 19.7 Å². The lowest BCUT2D eigenvalue weighted by atomic mass is 10.1. The van der Waals surface area contributed by atoms with E-state index in [1.807, 2.05) is 13.0 Å². The molecule has 1 amide bonds. The number of carboxylic acids is 1. The predicted molar refractivity (Wildman–Crippen MR) is 144 cm³/mol. The zero-order valence-corrected chi connectivity index (χ0v) is 22.1. The van der Waals surface area contributed by atoms with Crippen molar-refractivity contribution >= 4 is 79.9 Å². The Morgan fingerprint density at radius 3 is 2.44 bits per heavy atom. The van der Waals surface area contributed by atoms with Crippen LogP contribution >= 0.6 is 47.1 Å². The number of benzene rings is 1. The normalized spacial score (nSPS) is 19.0. The summed E-state index contributed by atoms with van der Waals surface area (Å²) in [7, 11) is 0. The lowest BCUT2D eigenvalue weighted by molar-refractivity contribution is -0.137. The van der Waals surface area contributed by atoms with Gasteiger partial charge in [-0.2, -0.15) is 0 Å². The average molecular weight is 534 g/mol. The van der Waals surface area contributed by atoms with Crippen LogP contribution in [0.2, 0.25) is 0 Å². The van der Waals surface area contributed by atoms with Gasteiger partial charge in [-0.05, 0) is 50.1 Å². The van der Waals surface area contributed by atoms with Gasteiger partial charge in [0.15, 0.2) is 0 Å². The molecule has 2 aliphatic heterocycles. The third-order valence-corrected chi connectivity index (χ3v) is 9.30. The second kappa shape index (κ2) is 10.1. The molecule has 4 rings (SSSR count). The Hall–Kier alpha value is -2.34. The number of fused-ring (bicyclic) bond motifs is 1. The number of aliphatic carboxylic acids is 1. The maximum atomic E-state index is 13.1. The monoisotopic (exact) mass is 533 g/mol. The Labute approximate surface area is 214 Å². The lowest BCUT2D eigenvalue weighted by Crippen LogP contribution is -2.35. The molecule has 0 spiro atoms. The number of aryl methyl sites for hydroxylation is 1. The van der Waals surface area contributed by atoms with Gasteiger partial charge in [-0.15, -0.1) is 11.3 Å². The number of hydrogen-bond acceptors (Lipinski definition) is 8. The minimum atomic E-state index is -1.15. The van der Waals surface area contributed by atoms with E-state index in [-0.39, 0.29) is 5.91 Å². The fraction of sp³-hybridized carbons (Fsp3) is 0.304. The van der Waals surface area contributed by atoms with Crippen molar-refractivity contribution in [3.05, 3.63) is 54.4 Å². The highest BCUT2D eigenvalue weighted by Crippen LogP contribution is 2.46. The molecule has 0 atom stereocenters. The fourth-order valence-electron chi connectivity index (χ4n) is 3.74. The molecule has 0 aliphatic carbocycles. The first kappa shape index (κ1) is 24.8. The molecule has 7 nitrogen and oxygen atoms in total. The van der Waals surface area contributed by atoms with E-state index in [0.717, 1.165) is 56.2 Å². The summed E-state index contributed by atoms with van der Waals surface area (Å²) < 4.78 is 2.25. The van der Waals surface area contributed by atoms with Gasteiger partial charge in [0, 0.05) is 18.0 Å². The second-order valence-electron chi connectivity index (χ2n) is 7.48. The highest BCUT2D eigenvalue weighted by molar-refractivity contribution is 8.30. The van der Waals surface area contributed by atoms with Crippen molar-refractivity contribution in [1.29, 1.82) is 0 Å². The summed E-state index contributed by atoms with van der Waals surface area (Å²) in [6, 6.07) is 6.44. The van der Waals surface area contributed by atoms with Crippen LogP contribution in [-0.4, -0.2) is 43.9 Å². The van der Waals surface area contributed by atoms with Gasteiger partial charge in [0.25, 0.3) is 11.5 Å². The van der Waals surface area contributed by atoms with Crippen LogP contribution in [-0.2, 0) is 22.6 Å². The molecule has 11 heteroatoms. The van der Waals surface area contributed by atoms with Gasteiger partial charge in [0.2, 0.25) is 0 Å². The second-order valence-corrected chi connectivity index (χ2v) is 11.2. The number of thioether (sulfide) groups is 2. The van der Waals surface area contributed by atoms with Crippen molar-refractivity contribution < 1.29 is 14.7 Å². The topological polar surface area (TPSA) is 82.8 Å². The number of thiazole rings is 1. The molecule has 1 fully saturated rings. The predicted octanol–water partition coefficient (Wildman–Crippen LogP) is 2.80. The van der Waals surface area contributed by atoms with Crippen LogP contribution in [0.15, 0.2) is 39.0 Å². The van der Waals surface area contributed by atoms with Crippen molar-refractivity contribution in [2.75, 3.05) is 18.0 Å². The Morgan fingerprint density at radius 1 is 1.09 bits per heavy atom. The Balaban J connectivity index is 1.83. The van der Waals surface area contributed by atoms with Gasteiger partial charge in [-0.3, -0.25) is 23.9 Å². The van der Waals surface area contributed by atoms with E-state index in [2.05, 4.69) is 36.9 Å². The molecule has 34 heavy (non-hydrogen) atoms. The van der Waals surface area contributed by atoms with E-state index in [4.69, 9.17) is 12.2 Å². The average Bonchev–Trinajstić information content (AvgIpc) is 3.42. The number of allylic oxidation sites excluding steroid dienone is 1. The van der Waals surface area contributed by atoms with Crippen LogP contribution in [0, 0.1) is 0 Å². The molecule has 0 saturated carbocycles. The van der Waals surface area contributed by atoms with Crippen LogP contribution in [0.25, 0.3) is 11.0 Å². The van der Waals surface area contributed by atoms with Gasteiger partial charge in [0.05, 0.1) is 15.2 Å². The maximum Gasteiger partial charge on any atom is 0.323 e. The Kier molecular flexibility index (Phi) is 7.36. The summed E-state index contributed by atoms with van der Waals surface area (Å²) >= 11 is 9.15. The van der Waals surface area contributed by atoms with E-state index in [0.29, 0.717) is 25.0 Å². The third kappa shape index (κ3) is 4.49. The summed E-state index contributed by atoms with van der Waals surface area (Å²) in [6.07, 6.45) is 4.56. The molecule has 1 saturated heterocycles. The van der Waals surface area contributed by atoms with Crippen molar-refractivity contribution in [1.82, 2.24) is 9.47 Å². The number of nitrogens with zero attached hydrogens (tertiary/aromatic N) is 3. The zero-order valence-electron chi connectivity index (χ0n) is 18.9. The van der Waals surface area contributed by atoms with Gasteiger partial charge in [-0.1, -0.05) is 48.7 Å². The molecule has 1 aromatic heterocycles. The largest absolute Gasteiger partial charge is 0.480 e. The molecule has 0 unspecified atom stereocenters. The molecular formula is C23H23N3O4S4. The highest BCUT2D eigenvalue weighted by Gasteiger charge is 2.33. The number of carbonyl (C=O) groups is 2. The van der Waals surface area contributed by atoms with E-state index < -0.39 is 18.1 Å². The fourth-order valence-corrected chi connectivity index (χ4v) is 7.44. The third-order valence-electron chi connectivity index (χ3n) is 5.46. The van der Waals surface area contributed by atoms with E-state index >= 15 is 0 Å². The van der Waals surface area contributed by atoms with E-state index in [9.17, 15) is 19.5 Å². The van der Waals surface area contributed by atoms with E-state index in [1.165, 1.54) is 10.5 Å². The summed E-state index contributed by atoms with van der Waals surface area (Å²) in [4.78, 5) is 42.5. The van der Waals surface area contributed by atoms with Gasteiger partial charge in [-0.25, -0.2) is 0 Å². The number of aromatic nitrogens is 1.